The van der Waals surface area contributed by atoms with Gasteiger partial charge < -0.3 is 10.1 Å². The molecule has 0 aliphatic carbocycles. The standard InChI is InChI=1S/C17H16FNO3/c1-11(20)13-4-6-14(7-5-13)19-17(21)10-12-3-8-16(22-2)15(18)9-12/h3-9H,10H2,1-2H3,(H,19,21). The van der Waals surface area contributed by atoms with Crippen molar-refractivity contribution in [2.75, 3.05) is 12.4 Å². The number of carbonyl (C=O) groups is 2. The third-order valence-corrected chi connectivity index (χ3v) is 3.16. The lowest BCUT2D eigenvalue weighted by molar-refractivity contribution is -0.115. The van der Waals surface area contributed by atoms with Crippen molar-refractivity contribution in [2.45, 2.75) is 13.3 Å². The number of amides is 1. The van der Waals surface area contributed by atoms with Crippen molar-refractivity contribution in [2.24, 2.45) is 0 Å². The summed E-state index contributed by atoms with van der Waals surface area (Å²) < 4.78 is 18.4. The predicted octanol–water partition coefficient (Wildman–Crippen LogP) is 3.22. The smallest absolute Gasteiger partial charge is 0.228 e. The highest BCUT2D eigenvalue weighted by Crippen LogP contribution is 2.18. The molecule has 2 rings (SSSR count). The largest absolute Gasteiger partial charge is 0.494 e. The van der Waals surface area contributed by atoms with Crippen molar-refractivity contribution < 1.29 is 18.7 Å². The van der Waals surface area contributed by atoms with Crippen LogP contribution in [0.1, 0.15) is 22.8 Å². The van der Waals surface area contributed by atoms with Crippen LogP contribution >= 0.6 is 0 Å². The molecule has 2 aromatic carbocycles. The highest BCUT2D eigenvalue weighted by Gasteiger charge is 2.08. The van der Waals surface area contributed by atoms with Crippen LogP contribution in [0.15, 0.2) is 42.5 Å². The second-order valence-corrected chi connectivity index (χ2v) is 4.83. The zero-order valence-corrected chi connectivity index (χ0v) is 12.4. The maximum Gasteiger partial charge on any atom is 0.228 e. The lowest BCUT2D eigenvalue weighted by Crippen LogP contribution is -2.14. The molecule has 0 radical (unpaired) electrons. The van der Waals surface area contributed by atoms with Gasteiger partial charge >= 0.3 is 0 Å². The molecule has 0 aliphatic rings. The molecule has 1 amide bonds. The van der Waals surface area contributed by atoms with Crippen molar-refractivity contribution in [1.82, 2.24) is 0 Å². The van der Waals surface area contributed by atoms with Gasteiger partial charge in [-0.05, 0) is 48.9 Å². The number of ether oxygens (including phenoxy) is 1. The van der Waals surface area contributed by atoms with E-state index in [1.54, 1.807) is 30.3 Å². The fourth-order valence-electron chi connectivity index (χ4n) is 2.00. The molecule has 1 N–H and O–H groups in total. The van der Waals surface area contributed by atoms with E-state index in [4.69, 9.17) is 4.74 Å². The molecule has 0 aliphatic heterocycles. The number of halogens is 1. The van der Waals surface area contributed by atoms with Gasteiger partial charge in [-0.15, -0.1) is 0 Å². The molecular weight excluding hydrogens is 285 g/mol. The van der Waals surface area contributed by atoms with Gasteiger partial charge in [-0.1, -0.05) is 6.07 Å². The Labute approximate surface area is 127 Å². The van der Waals surface area contributed by atoms with Crippen molar-refractivity contribution in [3.8, 4) is 5.75 Å². The summed E-state index contributed by atoms with van der Waals surface area (Å²) in [6, 6.07) is 11.0. The van der Waals surface area contributed by atoms with Gasteiger partial charge in [0.2, 0.25) is 5.91 Å². The molecule has 0 bridgehead atoms. The minimum atomic E-state index is -0.501. The van der Waals surface area contributed by atoms with Crippen LogP contribution in [0.3, 0.4) is 0 Å². The molecule has 22 heavy (non-hydrogen) atoms. The van der Waals surface area contributed by atoms with Crippen LogP contribution in [0, 0.1) is 5.82 Å². The molecule has 4 nitrogen and oxygen atoms in total. The Bertz CT molecular complexity index is 696. The summed E-state index contributed by atoms with van der Waals surface area (Å²) in [6.07, 6.45) is 0.0510. The molecule has 5 heteroatoms. The Hall–Kier alpha value is -2.69. The van der Waals surface area contributed by atoms with Gasteiger partial charge in [-0.25, -0.2) is 4.39 Å². The molecule has 0 atom stereocenters. The summed E-state index contributed by atoms with van der Waals surface area (Å²) in [4.78, 5) is 23.1. The number of anilines is 1. The predicted molar refractivity (Wildman–Crippen MR) is 81.7 cm³/mol. The van der Waals surface area contributed by atoms with Gasteiger partial charge in [-0.2, -0.15) is 0 Å². The van der Waals surface area contributed by atoms with Crippen molar-refractivity contribution in [3.05, 3.63) is 59.4 Å². The average molecular weight is 301 g/mol. The SMILES string of the molecule is COc1ccc(CC(=O)Nc2ccc(C(C)=O)cc2)cc1F. The van der Waals surface area contributed by atoms with Crippen LogP contribution in [0.4, 0.5) is 10.1 Å². The Balaban J connectivity index is 2.00. The summed E-state index contributed by atoms with van der Waals surface area (Å²) >= 11 is 0. The highest BCUT2D eigenvalue weighted by molar-refractivity contribution is 5.96. The van der Waals surface area contributed by atoms with Gasteiger partial charge in [0.05, 0.1) is 13.5 Å². The minimum absolute atomic E-state index is 0.0356. The van der Waals surface area contributed by atoms with Crippen LogP contribution in [0.25, 0.3) is 0 Å². The lowest BCUT2D eigenvalue weighted by atomic mass is 10.1. The number of nitrogens with one attached hydrogen (secondary N) is 1. The molecule has 0 unspecified atom stereocenters. The zero-order valence-electron chi connectivity index (χ0n) is 12.4. The molecule has 0 fully saturated rings. The number of carbonyl (C=O) groups excluding carboxylic acids is 2. The third-order valence-electron chi connectivity index (χ3n) is 3.16. The molecule has 114 valence electrons. The molecule has 0 saturated carbocycles. The Morgan fingerprint density at radius 1 is 1.14 bits per heavy atom. The van der Waals surface area contributed by atoms with E-state index in [1.165, 1.54) is 26.2 Å². The second-order valence-electron chi connectivity index (χ2n) is 4.83. The van der Waals surface area contributed by atoms with E-state index in [0.717, 1.165) is 0 Å². The number of benzene rings is 2. The first-order valence-corrected chi connectivity index (χ1v) is 6.73. The van der Waals surface area contributed by atoms with Crippen LogP contribution in [0.5, 0.6) is 5.75 Å². The minimum Gasteiger partial charge on any atom is -0.494 e. The molecule has 0 spiro atoms. The first kappa shape index (κ1) is 15.7. The van der Waals surface area contributed by atoms with Crippen LogP contribution in [-0.2, 0) is 11.2 Å². The van der Waals surface area contributed by atoms with Crippen LogP contribution < -0.4 is 10.1 Å². The quantitative estimate of drug-likeness (QED) is 0.863. The third kappa shape index (κ3) is 3.91. The van der Waals surface area contributed by atoms with Gasteiger partial charge in [-0.3, -0.25) is 9.59 Å². The van der Waals surface area contributed by atoms with Gasteiger partial charge in [0.25, 0.3) is 0 Å². The molecular formula is C17H16FNO3. The van der Waals surface area contributed by atoms with Gasteiger partial charge in [0.15, 0.2) is 17.3 Å². The number of Topliss-reactive ketones (excluding diaryl/α,β-unsaturated/α-hetero) is 1. The molecule has 2 aromatic rings. The Morgan fingerprint density at radius 2 is 1.82 bits per heavy atom. The monoisotopic (exact) mass is 301 g/mol. The summed E-state index contributed by atoms with van der Waals surface area (Å²) in [5, 5.41) is 2.70. The number of ketones is 1. The molecule has 0 heterocycles. The van der Waals surface area contributed by atoms with E-state index >= 15 is 0 Å². The normalized spacial score (nSPS) is 10.1. The van der Waals surface area contributed by atoms with Gasteiger partial charge in [0.1, 0.15) is 0 Å². The van der Waals surface area contributed by atoms with Crippen LogP contribution in [-0.4, -0.2) is 18.8 Å². The fraction of sp³-hybridized carbons (Fsp3) is 0.176. The summed E-state index contributed by atoms with van der Waals surface area (Å²) in [6.45, 7) is 1.48. The van der Waals surface area contributed by atoms with Crippen molar-refractivity contribution >= 4 is 17.4 Å². The highest BCUT2D eigenvalue weighted by atomic mass is 19.1. The number of hydrogen-bond donors (Lipinski definition) is 1. The first-order chi connectivity index (χ1) is 10.5. The van der Waals surface area contributed by atoms with E-state index in [9.17, 15) is 14.0 Å². The molecule has 0 saturated heterocycles. The number of rotatable bonds is 5. The summed E-state index contributed by atoms with van der Waals surface area (Å²) in [5.41, 5.74) is 1.72. The Morgan fingerprint density at radius 3 is 2.36 bits per heavy atom. The topological polar surface area (TPSA) is 55.4 Å². The van der Waals surface area contributed by atoms with Gasteiger partial charge in [0, 0.05) is 11.3 Å². The van der Waals surface area contributed by atoms with E-state index in [0.29, 0.717) is 16.8 Å². The second kappa shape index (κ2) is 6.85. The Kier molecular flexibility index (Phi) is 4.88. The van der Waals surface area contributed by atoms with E-state index in [-0.39, 0.29) is 23.9 Å². The van der Waals surface area contributed by atoms with Crippen molar-refractivity contribution in [3.63, 3.8) is 0 Å². The van der Waals surface area contributed by atoms with Crippen molar-refractivity contribution in [1.29, 1.82) is 0 Å². The van der Waals surface area contributed by atoms with Crippen LogP contribution in [0.2, 0.25) is 0 Å². The maximum absolute atomic E-state index is 13.6. The zero-order chi connectivity index (χ0) is 16.1. The van der Waals surface area contributed by atoms with E-state index in [1.807, 2.05) is 0 Å². The van der Waals surface area contributed by atoms with E-state index < -0.39 is 5.82 Å². The number of methoxy groups -OCH3 is 1. The fourth-order valence-corrected chi connectivity index (χ4v) is 2.00. The maximum atomic E-state index is 13.6. The number of hydrogen-bond acceptors (Lipinski definition) is 3. The lowest BCUT2D eigenvalue weighted by Gasteiger charge is -2.07. The van der Waals surface area contributed by atoms with E-state index in [2.05, 4.69) is 5.32 Å². The molecule has 0 aromatic heterocycles. The average Bonchev–Trinajstić information content (AvgIpc) is 2.48. The summed E-state index contributed by atoms with van der Waals surface area (Å²) in [7, 11) is 1.38. The summed E-state index contributed by atoms with van der Waals surface area (Å²) in [5.74, 6) is -0.658. The first-order valence-electron chi connectivity index (χ1n) is 6.73.